The van der Waals surface area contributed by atoms with Crippen molar-refractivity contribution in [2.45, 2.75) is 214 Å². The van der Waals surface area contributed by atoms with Crippen LogP contribution >= 0.6 is 11.8 Å². The number of carboxylic acids is 2. The monoisotopic (exact) mass is 1900 g/mol. The topological polar surface area (TPSA) is 542 Å². The summed E-state index contributed by atoms with van der Waals surface area (Å²) in [6.45, 7) is 3.50. The third-order valence-electron chi connectivity index (χ3n) is 24.3. The van der Waals surface area contributed by atoms with Gasteiger partial charge in [0, 0.05) is 109 Å². The van der Waals surface area contributed by atoms with Crippen LogP contribution in [0.15, 0.2) is 128 Å². The quantitative estimate of drug-likeness (QED) is 0.0279. The predicted octanol–water partition coefficient (Wildman–Crippen LogP) is 0.885. The molecule has 38 nitrogen and oxygen atoms in total. The molecule has 4 saturated heterocycles. The molecule has 0 saturated carbocycles. The number of unbranched alkanes of at least 4 members (excludes halogenated alkanes) is 1. The van der Waals surface area contributed by atoms with E-state index in [1.807, 2.05) is 0 Å². The average Bonchev–Trinajstić information content (AvgIpc) is 1.60. The second-order valence-electron chi connectivity index (χ2n) is 34.5. The first-order valence-electron chi connectivity index (χ1n) is 44.6. The highest BCUT2D eigenvalue weighted by Gasteiger charge is 2.56. The van der Waals surface area contributed by atoms with Crippen molar-refractivity contribution in [2.24, 2.45) is 11.7 Å². The summed E-state index contributed by atoms with van der Waals surface area (Å²) in [5, 5.41) is 66.6. The van der Waals surface area contributed by atoms with Crippen molar-refractivity contribution in [2.75, 3.05) is 66.0 Å². The van der Waals surface area contributed by atoms with Crippen LogP contribution in [0, 0.1) is 23.4 Å². The molecule has 0 bridgehead atoms. The molecule has 5 aromatic carbocycles. The third kappa shape index (κ3) is 28.5. The van der Waals surface area contributed by atoms with E-state index in [1.165, 1.54) is 62.3 Å². The lowest BCUT2D eigenvalue weighted by atomic mass is 9.98. The number of amides is 14. The number of aliphatic carboxylic acids is 2. The second kappa shape index (κ2) is 48.7. The van der Waals surface area contributed by atoms with Gasteiger partial charge in [0.1, 0.15) is 84.5 Å². The molecular weight excluding hydrogens is 1780 g/mol. The smallest absolute Gasteiger partial charge is 0.305 e. The van der Waals surface area contributed by atoms with Crippen molar-refractivity contribution in [3.05, 3.63) is 173 Å². The number of likely N-dealkylation sites (N-methyl/N-ethyl adjacent to an activating group) is 3. The Hall–Kier alpha value is -13.1. The van der Waals surface area contributed by atoms with Crippen LogP contribution in [-0.2, 0) is 118 Å². The molecule has 0 aliphatic carbocycles. The molecule has 42 heteroatoms. The van der Waals surface area contributed by atoms with Gasteiger partial charge in [-0.05, 0) is 103 Å². The van der Waals surface area contributed by atoms with Gasteiger partial charge in [-0.15, -0.1) is 11.8 Å². The lowest BCUT2D eigenvalue weighted by Gasteiger charge is -2.38. The van der Waals surface area contributed by atoms with Crippen LogP contribution in [0.2, 0.25) is 0 Å². The summed E-state index contributed by atoms with van der Waals surface area (Å²) in [6.07, 6.45) is -5.62. The van der Waals surface area contributed by atoms with E-state index in [9.17, 15) is 63.2 Å². The number of phenols is 1. The number of H-pyrrole nitrogens is 1. The van der Waals surface area contributed by atoms with E-state index in [4.69, 9.17) is 15.2 Å². The maximum absolute atomic E-state index is 15.7. The molecule has 0 radical (unpaired) electrons. The highest BCUT2D eigenvalue weighted by Crippen LogP contribution is 2.37. The van der Waals surface area contributed by atoms with Gasteiger partial charge in [-0.3, -0.25) is 81.6 Å². The number of carbonyl (C=O) groups is 16. The van der Waals surface area contributed by atoms with E-state index < -0.39 is 252 Å². The molecule has 6 aromatic rings. The maximum atomic E-state index is 15.7. The first-order chi connectivity index (χ1) is 64.3. The number of aromatic hydroxyl groups is 1. The molecule has 5 unspecified atom stereocenters. The zero-order valence-electron chi connectivity index (χ0n) is 75.8. The van der Waals surface area contributed by atoms with E-state index in [0.29, 0.717) is 63.5 Å². The standard InChI is InChI=1S/C93H117F3N16O22S/c1-8-9-25-70-91(131)111-34-18-26-69(111)86(126)105-66(44-77(119)120)85(125)107-79(50(2)3)92(132)109(5)71(40-51-19-12-10-13-20-51)87(127)101-62(31-32-76(117)118)80-93(134-80)112-47-57(114)43-72(112)88(128)104-65(42-55-45-98-61-24-17-16-23-58(55)61)84(124)103-64(38-53-27-29-56(113)30-28-53)83(123)102-63(33-35-133-7)82(122)106-68(81(121)99-46-74(97)115)48-135-49-75(116)100-67(39-54-36-59(94)78(96)60(95)37-54)89(129)110(6)73(90(130)108(70)4)41-52-21-14-11-15-22-52/h10-17,19-24,27-30,36-37,45,50,57,62-73,79-80,93,98,113-114H,8-9,18,25-26,31-35,38-44,46-49H2,1-7H3,(H2,97,115)(H,99,121)(H,100,116)(H,101,127)(H,102,123)(H,103,124)(H,104,128)(H,105,126)(H,106,122)(H,107,125)(H,117,118)(H,119,120)/t57-,62+,63+,64+,65+,66+,67+,68+,69-,70+,71?,72?,73?,79+,80?,93?/m1/s1. The molecule has 1 aromatic heterocycles. The van der Waals surface area contributed by atoms with Crippen molar-refractivity contribution in [1.82, 2.24) is 77.3 Å². The number of para-hydroxylation sites is 1. The zero-order valence-corrected chi connectivity index (χ0v) is 76.6. The first kappa shape index (κ1) is 104. The molecule has 4 fully saturated rings. The molecule has 728 valence electrons. The first-order valence-corrected chi connectivity index (χ1v) is 45.7. The Kier molecular flexibility index (Phi) is 37.6. The number of fused-ring (bicyclic) bond motifs is 5. The van der Waals surface area contributed by atoms with Crippen molar-refractivity contribution in [3.8, 4) is 5.75 Å². The SMILES string of the molecule is CCCC[C@H]1C(=O)N2CCC[C@@H]2C(=O)N[C@@H](CC(=O)O)C(=O)N[C@@H](C(C)C)C(=O)N(C)C(Cc2ccccc2)C(=O)N[C@@H](CCC(=O)O)C2OC2N2C[C@H](O)CC2C(=O)N[C@@H](Cc2c[nH]c3ccccc23)C(=O)N[C@@H](Cc2ccc(O)cc2)C(=O)N[C@@H](CCOC)C(=O)N[C@H](C(=O)NCC(N)=O)CSCC(=O)N[C@@H](Cc2cc(F)c(F)c(F)c2)C(=O)N(C)C(Cc2ccccc2)C(=O)N1C. The Morgan fingerprint density at radius 1 is 0.593 bits per heavy atom. The van der Waals surface area contributed by atoms with Crippen LogP contribution in [0.3, 0.4) is 0 Å². The van der Waals surface area contributed by atoms with Crippen molar-refractivity contribution in [1.29, 1.82) is 0 Å². The van der Waals surface area contributed by atoms with Gasteiger partial charge in [0.2, 0.25) is 82.7 Å². The number of aromatic amines is 1. The maximum Gasteiger partial charge on any atom is 0.305 e. The number of halogens is 3. The van der Waals surface area contributed by atoms with Gasteiger partial charge in [-0.2, -0.15) is 0 Å². The van der Waals surface area contributed by atoms with Crippen LogP contribution in [0.25, 0.3) is 10.9 Å². The highest BCUT2D eigenvalue weighted by atomic mass is 32.2. The van der Waals surface area contributed by atoms with Crippen LogP contribution in [0.5, 0.6) is 5.75 Å². The molecule has 14 amide bonds. The highest BCUT2D eigenvalue weighted by molar-refractivity contribution is 8.00. The Balaban J connectivity index is 1.04. The Bertz CT molecular complexity index is 5240. The van der Waals surface area contributed by atoms with Crippen LogP contribution in [0.1, 0.15) is 113 Å². The number of nitrogens with two attached hydrogens (primary N) is 1. The molecule has 5 heterocycles. The number of aliphatic hydroxyl groups excluding tert-OH is 1. The number of aromatic nitrogens is 1. The molecule has 10 rings (SSSR count). The van der Waals surface area contributed by atoms with Crippen LogP contribution < -0.4 is 53.6 Å². The van der Waals surface area contributed by atoms with Gasteiger partial charge >= 0.3 is 11.9 Å². The fraction of sp³-hybridized carbons (Fsp3) is 0.484. The molecular formula is C93H117F3N16O22S. The number of nitrogens with zero attached hydrogens (tertiary/aromatic N) is 5. The number of primary amides is 1. The summed E-state index contributed by atoms with van der Waals surface area (Å²) >= 11 is 0.650. The van der Waals surface area contributed by atoms with E-state index in [2.05, 4.69) is 52.8 Å². The summed E-state index contributed by atoms with van der Waals surface area (Å²) < 4.78 is 56.8. The van der Waals surface area contributed by atoms with E-state index >= 15 is 47.1 Å². The summed E-state index contributed by atoms with van der Waals surface area (Å²) in [5.41, 5.74) is 7.47. The number of aliphatic hydroxyl groups is 1. The lowest BCUT2D eigenvalue weighted by molar-refractivity contribution is -0.152. The van der Waals surface area contributed by atoms with E-state index in [0.717, 1.165) is 14.7 Å². The number of hydrogen-bond acceptors (Lipinski definition) is 22. The number of ether oxygens (including phenoxy) is 2. The third-order valence-corrected chi connectivity index (χ3v) is 25.3. The number of phenolic OH excluding ortho intramolecular Hbond substituents is 1. The number of benzene rings is 5. The van der Waals surface area contributed by atoms with Gasteiger partial charge in [-0.1, -0.05) is 125 Å². The Morgan fingerprint density at radius 3 is 1.79 bits per heavy atom. The van der Waals surface area contributed by atoms with Crippen LogP contribution in [-0.4, -0.2) is 308 Å². The number of epoxide rings is 1. The summed E-state index contributed by atoms with van der Waals surface area (Å²) in [7, 11) is 5.02. The Labute approximate surface area is 780 Å². The van der Waals surface area contributed by atoms with E-state index in [-0.39, 0.29) is 102 Å². The van der Waals surface area contributed by atoms with Gasteiger partial charge in [0.15, 0.2) is 17.5 Å². The van der Waals surface area contributed by atoms with Crippen LogP contribution in [0.4, 0.5) is 13.2 Å². The molecule has 4 aliphatic heterocycles. The summed E-state index contributed by atoms with van der Waals surface area (Å²) in [5.74, 6) is -24.2. The molecule has 0 spiro atoms. The number of hydrogen-bond donors (Lipinski definition) is 15. The van der Waals surface area contributed by atoms with Crippen molar-refractivity contribution >= 4 is 117 Å². The van der Waals surface area contributed by atoms with Gasteiger partial charge in [-0.25, -0.2) is 13.2 Å². The number of rotatable bonds is 25. The minimum Gasteiger partial charge on any atom is -0.508 e. The summed E-state index contributed by atoms with van der Waals surface area (Å²) in [4.78, 5) is 243. The molecule has 4 aliphatic rings. The number of methoxy groups -OCH3 is 1. The zero-order chi connectivity index (χ0) is 98.2. The van der Waals surface area contributed by atoms with Gasteiger partial charge < -0.3 is 108 Å². The second-order valence-corrected chi connectivity index (χ2v) is 35.5. The van der Waals surface area contributed by atoms with Crippen molar-refractivity contribution < 1.29 is 120 Å². The molecule has 16 N–H and O–H groups in total. The van der Waals surface area contributed by atoms with E-state index in [1.54, 1.807) is 112 Å². The predicted molar refractivity (Wildman–Crippen MR) is 483 cm³/mol. The van der Waals surface area contributed by atoms with Gasteiger partial charge in [0.05, 0.1) is 36.9 Å². The minimum absolute atomic E-state index is 0.0497. The Morgan fingerprint density at radius 2 is 1.16 bits per heavy atom. The number of thioether (sulfide) groups is 1. The number of nitrogens with one attached hydrogen (secondary N) is 10. The fourth-order valence-electron chi connectivity index (χ4n) is 16.9. The van der Waals surface area contributed by atoms with Crippen molar-refractivity contribution in [3.63, 3.8) is 0 Å². The normalized spacial score (nSPS) is 25.5. The minimum atomic E-state index is -1.95. The fourth-order valence-corrected chi connectivity index (χ4v) is 17.8. The average molecular weight is 1900 g/mol. The van der Waals surface area contributed by atoms with Gasteiger partial charge in [0.25, 0.3) is 0 Å². The molecule has 16 atom stereocenters. The molecule has 135 heavy (non-hydrogen) atoms. The largest absolute Gasteiger partial charge is 0.508 e. The number of carbonyl (C=O) groups excluding carboxylic acids is 14. The lowest BCUT2D eigenvalue weighted by Crippen LogP contribution is -2.61. The number of carboxylic acid groups (broad SMARTS) is 2. The summed E-state index contributed by atoms with van der Waals surface area (Å²) in [6, 6.07) is 9.62.